The van der Waals surface area contributed by atoms with Crippen LogP contribution in [0.15, 0.2) is 24.3 Å². The van der Waals surface area contributed by atoms with Gasteiger partial charge in [-0.15, -0.1) is 0 Å². The Morgan fingerprint density at radius 1 is 1.31 bits per heavy atom. The zero-order chi connectivity index (χ0) is 9.90. The first kappa shape index (κ1) is 10.5. The minimum absolute atomic E-state index is 0.234. The van der Waals surface area contributed by atoms with E-state index in [1.165, 1.54) is 12.1 Å². The summed E-state index contributed by atoms with van der Waals surface area (Å²) < 4.78 is 44.9. The highest BCUT2D eigenvalue weighted by Crippen LogP contribution is 2.31. The maximum atomic E-state index is 12.1. The van der Waals surface area contributed by atoms with E-state index < -0.39 is 32.9 Å². The highest BCUT2D eigenvalue weighted by atomic mass is 127. The van der Waals surface area contributed by atoms with Gasteiger partial charge in [0.25, 0.3) is 0 Å². The normalized spacial score (nSPS) is 11.3. The fourth-order valence-corrected chi connectivity index (χ4v) is 1.42. The molecular weight excluding hydrogens is 296 g/mol. The third kappa shape index (κ3) is 2.98. The van der Waals surface area contributed by atoms with Gasteiger partial charge >= 0.3 is 6.18 Å². The topological polar surface area (TPSA) is 9.23 Å². The summed E-state index contributed by atoms with van der Waals surface area (Å²) in [4.78, 5) is 0. The number of halogens is 4. The molecule has 1 nitrogen and oxygen atoms in total. The first-order valence-electron chi connectivity index (χ1n) is 3.26. The van der Waals surface area contributed by atoms with Gasteiger partial charge < -0.3 is 3.07 Å². The fourth-order valence-electron chi connectivity index (χ4n) is 0.783. The van der Waals surface area contributed by atoms with Gasteiger partial charge in [0.1, 0.15) is 26.9 Å². The molecule has 5 heteroatoms. The summed E-state index contributed by atoms with van der Waals surface area (Å²) in [5.41, 5.74) is -0.692. The van der Waals surface area contributed by atoms with Crippen LogP contribution in [0.1, 0.15) is 5.56 Å². The standard InChI is InChI=1S/C8H6F3IO/c1-12-13-7-4-2-3-6(5-7)8(9,10)11/h2-5H,1H2. The SMILES string of the molecule is C=IOc1cccc(C(F)(F)F)c1. The van der Waals surface area contributed by atoms with Gasteiger partial charge in [-0.25, -0.2) is 0 Å². The first-order chi connectivity index (χ1) is 6.04. The molecule has 1 aromatic carbocycles. The highest BCUT2D eigenvalue weighted by Gasteiger charge is 2.30. The third-order valence-corrected chi connectivity index (χ3v) is 2.12. The fraction of sp³-hybridized carbons (Fsp3) is 0.125. The van der Waals surface area contributed by atoms with Crippen LogP contribution in [0.3, 0.4) is 0 Å². The smallest absolute Gasteiger partial charge is 0.416 e. The van der Waals surface area contributed by atoms with Crippen molar-refractivity contribution in [1.82, 2.24) is 0 Å². The van der Waals surface area contributed by atoms with Crippen LogP contribution in [-0.4, -0.2) is 4.51 Å². The number of rotatable bonds is 2. The lowest BCUT2D eigenvalue weighted by molar-refractivity contribution is -0.137. The van der Waals surface area contributed by atoms with Gasteiger partial charge in [0.05, 0.1) is 5.56 Å². The summed E-state index contributed by atoms with van der Waals surface area (Å²) in [5.74, 6) is 0.234. The molecule has 0 aliphatic carbocycles. The maximum absolute atomic E-state index is 12.1. The summed E-state index contributed by atoms with van der Waals surface area (Å²) in [6.45, 7) is 0. The van der Waals surface area contributed by atoms with Crippen molar-refractivity contribution in [2.45, 2.75) is 6.18 Å². The van der Waals surface area contributed by atoms with Gasteiger partial charge in [0, 0.05) is 0 Å². The van der Waals surface area contributed by atoms with E-state index >= 15 is 0 Å². The molecule has 0 bridgehead atoms. The Balaban J connectivity index is 2.98. The molecule has 13 heavy (non-hydrogen) atoms. The predicted molar refractivity (Wildman–Crippen MR) is 53.2 cm³/mol. The minimum atomic E-state index is -4.31. The second-order valence-corrected chi connectivity index (χ2v) is 3.28. The van der Waals surface area contributed by atoms with Crippen LogP contribution in [0, 0.1) is 0 Å². The molecule has 0 fully saturated rings. The van der Waals surface area contributed by atoms with E-state index in [4.69, 9.17) is 3.07 Å². The van der Waals surface area contributed by atoms with E-state index in [0.717, 1.165) is 12.1 Å². The quantitative estimate of drug-likeness (QED) is 0.761. The summed E-state index contributed by atoms with van der Waals surface area (Å²) in [6.07, 6.45) is -4.31. The predicted octanol–water partition coefficient (Wildman–Crippen LogP) is 3.40. The Hall–Kier alpha value is -0.590. The molecule has 0 spiro atoms. The van der Waals surface area contributed by atoms with Gasteiger partial charge in [0.2, 0.25) is 0 Å². The number of alkyl halides is 3. The van der Waals surface area contributed by atoms with Crippen molar-refractivity contribution >= 4 is 25.7 Å². The summed E-state index contributed by atoms with van der Waals surface area (Å²) in [6, 6.07) is 4.79. The van der Waals surface area contributed by atoms with E-state index in [1.807, 2.05) is 0 Å². The van der Waals surface area contributed by atoms with Crippen LogP contribution in [0.4, 0.5) is 13.2 Å². The Morgan fingerprint density at radius 3 is 2.54 bits per heavy atom. The summed E-state index contributed by atoms with van der Waals surface area (Å²) in [7, 11) is 0. The molecule has 0 unspecified atom stereocenters. The van der Waals surface area contributed by atoms with Gasteiger partial charge in [-0.2, -0.15) is 13.2 Å². The molecule has 0 N–H and O–H groups in total. The van der Waals surface area contributed by atoms with Crippen LogP contribution in [0.5, 0.6) is 5.75 Å². The molecular formula is C8H6F3IO. The van der Waals surface area contributed by atoms with E-state index in [-0.39, 0.29) is 5.75 Å². The molecule has 0 amide bonds. The molecule has 1 aromatic rings. The molecule has 1 rings (SSSR count). The summed E-state index contributed by atoms with van der Waals surface area (Å²) in [5, 5.41) is 0. The number of hydrogen-bond acceptors (Lipinski definition) is 1. The van der Waals surface area contributed by atoms with E-state index in [2.05, 4.69) is 4.51 Å². The molecule has 0 aliphatic heterocycles. The lowest BCUT2D eigenvalue weighted by atomic mass is 10.2. The zero-order valence-electron chi connectivity index (χ0n) is 6.44. The highest BCUT2D eigenvalue weighted by molar-refractivity contribution is 14.2. The lowest BCUT2D eigenvalue weighted by Crippen LogP contribution is -2.04. The third-order valence-electron chi connectivity index (χ3n) is 1.31. The molecule has 0 aromatic heterocycles. The van der Waals surface area contributed by atoms with Crippen molar-refractivity contribution in [2.75, 3.05) is 0 Å². The zero-order valence-corrected chi connectivity index (χ0v) is 8.59. The van der Waals surface area contributed by atoms with Gasteiger partial charge in [0.15, 0.2) is 0 Å². The number of hydrogen-bond donors (Lipinski definition) is 0. The van der Waals surface area contributed by atoms with Crippen LogP contribution < -0.4 is 3.07 Å². The monoisotopic (exact) mass is 302 g/mol. The molecule has 0 aliphatic rings. The molecule has 0 saturated carbocycles. The van der Waals surface area contributed by atoms with E-state index in [9.17, 15) is 13.2 Å². The maximum Gasteiger partial charge on any atom is 0.416 e. The second kappa shape index (κ2) is 4.08. The van der Waals surface area contributed by atoms with Gasteiger partial charge in [-0.3, -0.25) is 0 Å². The largest absolute Gasteiger partial charge is 0.436 e. The second-order valence-electron chi connectivity index (χ2n) is 2.21. The van der Waals surface area contributed by atoms with Gasteiger partial charge in [-0.05, 0) is 22.7 Å². The van der Waals surface area contributed by atoms with Crippen molar-refractivity contribution in [1.29, 1.82) is 0 Å². The van der Waals surface area contributed by atoms with E-state index in [0.29, 0.717) is 0 Å². The average molecular weight is 302 g/mol. The molecule has 0 atom stereocenters. The number of benzene rings is 1. The molecule has 0 saturated heterocycles. The average Bonchev–Trinajstić information content (AvgIpc) is 2.04. The lowest BCUT2D eigenvalue weighted by Gasteiger charge is -2.07. The van der Waals surface area contributed by atoms with E-state index in [1.54, 1.807) is 0 Å². The van der Waals surface area contributed by atoms with Crippen LogP contribution in [-0.2, 0) is 6.18 Å². The Morgan fingerprint density at radius 2 is 2.00 bits per heavy atom. The Labute approximate surface area is 83.8 Å². The molecule has 72 valence electrons. The van der Waals surface area contributed by atoms with Crippen molar-refractivity contribution in [2.24, 2.45) is 0 Å². The Bertz CT molecular complexity index is 309. The van der Waals surface area contributed by atoms with Crippen molar-refractivity contribution in [3.8, 4) is 5.75 Å². The van der Waals surface area contributed by atoms with Gasteiger partial charge in [-0.1, -0.05) is 6.07 Å². The molecule has 0 heterocycles. The van der Waals surface area contributed by atoms with Crippen LogP contribution in [0.2, 0.25) is 0 Å². The summed E-state index contributed by atoms with van der Waals surface area (Å²) >= 11 is -0.738. The Kier molecular flexibility index (Phi) is 3.29. The van der Waals surface area contributed by atoms with Crippen LogP contribution in [0.25, 0.3) is 0 Å². The molecule has 0 radical (unpaired) electrons. The van der Waals surface area contributed by atoms with Crippen molar-refractivity contribution in [3.63, 3.8) is 0 Å². The first-order valence-corrected chi connectivity index (χ1v) is 5.67. The van der Waals surface area contributed by atoms with Crippen LogP contribution >= 0.6 is 21.1 Å². The minimum Gasteiger partial charge on any atom is -0.436 e. The van der Waals surface area contributed by atoms with Crippen molar-refractivity contribution in [3.05, 3.63) is 29.8 Å². The van der Waals surface area contributed by atoms with Crippen molar-refractivity contribution < 1.29 is 16.2 Å².